The molecule has 1 nitrogen and oxygen atoms in total. The first-order chi connectivity index (χ1) is 7.47. The van der Waals surface area contributed by atoms with Gasteiger partial charge in [0.25, 0.3) is 0 Å². The smallest absolute Gasteiger partial charge is 0.0781 e. The minimum atomic E-state index is 0.0928. The Labute approximate surface area is 111 Å². The predicted octanol–water partition coefficient (Wildman–Crippen LogP) is 4.87. The van der Waals surface area contributed by atoms with E-state index < -0.39 is 0 Å². The van der Waals surface area contributed by atoms with Crippen molar-refractivity contribution in [2.75, 3.05) is 0 Å². The van der Waals surface area contributed by atoms with Gasteiger partial charge in [0.2, 0.25) is 0 Å². The fraction of sp³-hybridized carbons (Fsp3) is 0.333. The summed E-state index contributed by atoms with van der Waals surface area (Å²) in [5.41, 5.74) is 0.935. The van der Waals surface area contributed by atoms with Crippen LogP contribution >= 0.6 is 34.8 Å². The summed E-state index contributed by atoms with van der Waals surface area (Å²) < 4.78 is 0. The van der Waals surface area contributed by atoms with Crippen molar-refractivity contribution < 1.29 is 0 Å². The number of nitrogens with one attached hydrogen (secondary N) is 1. The molecule has 0 bridgehead atoms. The highest BCUT2D eigenvalue weighted by Crippen LogP contribution is 2.35. The summed E-state index contributed by atoms with van der Waals surface area (Å²) in [5, 5.41) is 4.71. The maximum Gasteiger partial charge on any atom is 0.0781 e. The van der Waals surface area contributed by atoms with Crippen molar-refractivity contribution in [3.8, 4) is 0 Å². The molecule has 0 saturated carbocycles. The summed E-state index contributed by atoms with van der Waals surface area (Å²) in [7, 11) is 0. The minimum Gasteiger partial charge on any atom is -0.304 e. The molecule has 0 heterocycles. The molecule has 0 saturated heterocycles. The van der Waals surface area contributed by atoms with E-state index >= 15 is 0 Å². The summed E-state index contributed by atoms with van der Waals surface area (Å²) in [6.45, 7) is 7.76. The highest BCUT2D eigenvalue weighted by molar-refractivity contribution is 6.48. The van der Waals surface area contributed by atoms with E-state index in [2.05, 4.69) is 11.9 Å². The summed E-state index contributed by atoms with van der Waals surface area (Å²) >= 11 is 18.0. The lowest BCUT2D eigenvalue weighted by molar-refractivity contribution is 0.537. The molecule has 1 aromatic carbocycles. The van der Waals surface area contributed by atoms with Crippen LogP contribution in [0.5, 0.6) is 0 Å². The lowest BCUT2D eigenvalue weighted by atomic mass is 10.1. The maximum atomic E-state index is 6.14. The number of rotatable bonds is 4. The van der Waals surface area contributed by atoms with E-state index in [4.69, 9.17) is 34.8 Å². The van der Waals surface area contributed by atoms with E-state index in [9.17, 15) is 0 Å². The SMILES string of the molecule is C=CC(C)NC(C)c1ccc(Cl)c(Cl)c1Cl. The molecule has 2 unspecified atom stereocenters. The van der Waals surface area contributed by atoms with Crippen molar-refractivity contribution >= 4 is 34.8 Å². The van der Waals surface area contributed by atoms with E-state index in [0.29, 0.717) is 15.1 Å². The van der Waals surface area contributed by atoms with Crippen LogP contribution in [0.25, 0.3) is 0 Å². The van der Waals surface area contributed by atoms with E-state index in [1.54, 1.807) is 6.07 Å². The molecule has 2 atom stereocenters. The third kappa shape index (κ3) is 3.14. The highest BCUT2D eigenvalue weighted by Gasteiger charge is 2.14. The molecule has 0 aliphatic carbocycles. The van der Waals surface area contributed by atoms with Gasteiger partial charge < -0.3 is 5.32 Å². The van der Waals surface area contributed by atoms with Crippen molar-refractivity contribution in [2.24, 2.45) is 0 Å². The molecule has 0 amide bonds. The van der Waals surface area contributed by atoms with Gasteiger partial charge in [-0.15, -0.1) is 6.58 Å². The first-order valence-corrected chi connectivity index (χ1v) is 6.12. The van der Waals surface area contributed by atoms with E-state index in [1.165, 1.54) is 0 Å². The topological polar surface area (TPSA) is 12.0 Å². The van der Waals surface area contributed by atoms with Gasteiger partial charge in [0, 0.05) is 12.1 Å². The Hall–Kier alpha value is -0.210. The number of hydrogen-bond donors (Lipinski definition) is 1. The molecule has 1 rings (SSSR count). The fourth-order valence-corrected chi connectivity index (χ4v) is 2.13. The van der Waals surface area contributed by atoms with Gasteiger partial charge in [-0.2, -0.15) is 0 Å². The van der Waals surface area contributed by atoms with Crippen molar-refractivity contribution in [3.63, 3.8) is 0 Å². The van der Waals surface area contributed by atoms with Gasteiger partial charge in [-0.3, -0.25) is 0 Å². The van der Waals surface area contributed by atoms with Gasteiger partial charge in [-0.05, 0) is 25.5 Å². The van der Waals surface area contributed by atoms with Gasteiger partial charge in [-0.25, -0.2) is 0 Å². The second-order valence-electron chi connectivity index (χ2n) is 3.68. The Morgan fingerprint density at radius 2 is 1.81 bits per heavy atom. The summed E-state index contributed by atoms with van der Waals surface area (Å²) in [4.78, 5) is 0. The van der Waals surface area contributed by atoms with Crippen molar-refractivity contribution in [2.45, 2.75) is 25.9 Å². The van der Waals surface area contributed by atoms with Gasteiger partial charge in [-0.1, -0.05) is 46.9 Å². The van der Waals surface area contributed by atoms with Crippen LogP contribution in [0, 0.1) is 0 Å². The fourth-order valence-electron chi connectivity index (χ4n) is 1.43. The quantitative estimate of drug-likeness (QED) is 0.612. The zero-order valence-corrected chi connectivity index (χ0v) is 11.5. The number of benzene rings is 1. The molecular weight excluding hydrogens is 264 g/mol. The second-order valence-corrected chi connectivity index (χ2v) is 4.84. The monoisotopic (exact) mass is 277 g/mol. The van der Waals surface area contributed by atoms with Crippen LogP contribution in [-0.2, 0) is 0 Å². The number of halogens is 3. The zero-order valence-electron chi connectivity index (χ0n) is 9.23. The van der Waals surface area contributed by atoms with Crippen LogP contribution in [0.15, 0.2) is 24.8 Å². The summed E-state index contributed by atoms with van der Waals surface area (Å²) in [5.74, 6) is 0. The molecule has 4 heteroatoms. The van der Waals surface area contributed by atoms with Crippen LogP contribution in [0.4, 0.5) is 0 Å². The van der Waals surface area contributed by atoms with Crippen molar-refractivity contribution in [3.05, 3.63) is 45.4 Å². The Morgan fingerprint density at radius 3 is 2.38 bits per heavy atom. The second kappa shape index (κ2) is 5.92. The Bertz CT molecular complexity index is 390. The maximum absolute atomic E-state index is 6.14. The normalized spacial score (nSPS) is 14.6. The van der Waals surface area contributed by atoms with Gasteiger partial charge in [0.05, 0.1) is 15.1 Å². The minimum absolute atomic E-state index is 0.0928. The van der Waals surface area contributed by atoms with E-state index in [0.717, 1.165) is 5.56 Å². The van der Waals surface area contributed by atoms with Gasteiger partial charge in [0.1, 0.15) is 0 Å². The van der Waals surface area contributed by atoms with E-state index in [1.807, 2.05) is 26.0 Å². The molecule has 0 spiro atoms. The van der Waals surface area contributed by atoms with Crippen LogP contribution in [-0.4, -0.2) is 6.04 Å². The Morgan fingerprint density at radius 1 is 1.19 bits per heavy atom. The molecule has 88 valence electrons. The molecule has 0 aliphatic rings. The highest BCUT2D eigenvalue weighted by atomic mass is 35.5. The molecular formula is C12H14Cl3N. The van der Waals surface area contributed by atoms with Gasteiger partial charge in [0.15, 0.2) is 0 Å². The summed E-state index contributed by atoms with van der Waals surface area (Å²) in [6, 6.07) is 3.93. The molecule has 1 aromatic rings. The lowest BCUT2D eigenvalue weighted by Crippen LogP contribution is -2.27. The van der Waals surface area contributed by atoms with Crippen LogP contribution < -0.4 is 5.32 Å². The van der Waals surface area contributed by atoms with Crippen LogP contribution in [0.2, 0.25) is 15.1 Å². The number of hydrogen-bond acceptors (Lipinski definition) is 1. The van der Waals surface area contributed by atoms with Crippen molar-refractivity contribution in [1.29, 1.82) is 0 Å². The van der Waals surface area contributed by atoms with Gasteiger partial charge >= 0.3 is 0 Å². The largest absolute Gasteiger partial charge is 0.304 e. The molecule has 0 aliphatic heterocycles. The standard InChI is InChI=1S/C12H14Cl3N/c1-4-7(2)16-8(3)9-5-6-10(13)12(15)11(9)14/h4-8,16H,1H2,2-3H3. The summed E-state index contributed by atoms with van der Waals surface area (Å²) in [6.07, 6.45) is 1.84. The molecule has 0 aromatic heterocycles. The Balaban J connectivity index is 2.96. The van der Waals surface area contributed by atoms with Crippen molar-refractivity contribution in [1.82, 2.24) is 5.32 Å². The molecule has 16 heavy (non-hydrogen) atoms. The van der Waals surface area contributed by atoms with E-state index in [-0.39, 0.29) is 12.1 Å². The average molecular weight is 279 g/mol. The first-order valence-electron chi connectivity index (χ1n) is 4.99. The zero-order chi connectivity index (χ0) is 12.3. The third-order valence-electron chi connectivity index (χ3n) is 2.40. The molecule has 0 fully saturated rings. The third-order valence-corrected chi connectivity index (χ3v) is 3.71. The van der Waals surface area contributed by atoms with Crippen LogP contribution in [0.3, 0.4) is 0 Å². The first kappa shape index (κ1) is 13.9. The Kier molecular flexibility index (Phi) is 5.13. The lowest BCUT2D eigenvalue weighted by Gasteiger charge is -2.19. The average Bonchev–Trinajstić information content (AvgIpc) is 2.25. The van der Waals surface area contributed by atoms with Crippen LogP contribution in [0.1, 0.15) is 25.5 Å². The predicted molar refractivity (Wildman–Crippen MR) is 72.7 cm³/mol. The molecule has 1 N–H and O–H groups in total. The molecule has 0 radical (unpaired) electrons.